The summed E-state index contributed by atoms with van der Waals surface area (Å²) in [6.07, 6.45) is 13.8. The first kappa shape index (κ1) is 10.5. The predicted octanol–water partition coefficient (Wildman–Crippen LogP) is 4.53. The molecule has 0 radical (unpaired) electrons. The van der Waals surface area contributed by atoms with Crippen molar-refractivity contribution >= 4 is 11.6 Å². The minimum absolute atomic E-state index is 0.779. The van der Waals surface area contributed by atoms with Crippen molar-refractivity contribution in [3.8, 4) is 0 Å². The van der Waals surface area contributed by atoms with Crippen LogP contribution in [0.4, 0.5) is 0 Å². The van der Waals surface area contributed by atoms with E-state index >= 15 is 0 Å². The zero-order chi connectivity index (χ0) is 9.80. The summed E-state index contributed by atoms with van der Waals surface area (Å²) in [5, 5.41) is 0. The van der Waals surface area contributed by atoms with Crippen LogP contribution in [0, 0.1) is 11.8 Å². The Morgan fingerprint density at radius 3 is 2.21 bits per heavy atom. The van der Waals surface area contributed by atoms with E-state index < -0.39 is 0 Å². The van der Waals surface area contributed by atoms with Gasteiger partial charge in [-0.1, -0.05) is 37.3 Å². The Morgan fingerprint density at radius 1 is 1.00 bits per heavy atom. The number of hydrogen-bond donors (Lipinski definition) is 0. The van der Waals surface area contributed by atoms with Gasteiger partial charge in [-0.05, 0) is 37.5 Å². The summed E-state index contributed by atoms with van der Waals surface area (Å²) in [5.74, 6) is 2.49. The molecule has 0 saturated heterocycles. The molecule has 1 heteroatoms. The summed E-state index contributed by atoms with van der Waals surface area (Å²) in [6, 6.07) is 0. The van der Waals surface area contributed by atoms with Crippen LogP contribution >= 0.6 is 11.6 Å². The molecular weight excluding hydrogens is 192 g/mol. The second-order valence-corrected chi connectivity index (χ2v) is 5.17. The fourth-order valence-corrected chi connectivity index (χ4v) is 2.98. The first-order valence-electron chi connectivity index (χ1n) is 6.16. The Kier molecular flexibility index (Phi) is 3.92. The Labute approximate surface area is 92.7 Å². The number of hydrogen-bond acceptors (Lipinski definition) is 0. The number of rotatable bonds is 3. The van der Waals surface area contributed by atoms with E-state index in [-0.39, 0.29) is 0 Å². The highest BCUT2D eigenvalue weighted by Crippen LogP contribution is 2.34. The molecule has 2 aliphatic rings. The summed E-state index contributed by atoms with van der Waals surface area (Å²) in [5.41, 5.74) is 1.57. The lowest BCUT2D eigenvalue weighted by Crippen LogP contribution is -2.14. The van der Waals surface area contributed by atoms with Crippen molar-refractivity contribution in [2.75, 3.05) is 5.88 Å². The molecule has 0 unspecified atom stereocenters. The molecule has 0 atom stereocenters. The molecule has 2 fully saturated rings. The number of allylic oxidation sites excluding steroid dienone is 2. The van der Waals surface area contributed by atoms with E-state index in [4.69, 9.17) is 11.6 Å². The molecule has 2 saturated carbocycles. The third kappa shape index (κ3) is 2.53. The molecule has 80 valence electrons. The maximum atomic E-state index is 6.06. The zero-order valence-corrected chi connectivity index (χ0v) is 9.73. The van der Waals surface area contributed by atoms with Crippen molar-refractivity contribution in [3.63, 3.8) is 0 Å². The fraction of sp³-hybridized carbons (Fsp3) is 0.846. The second-order valence-electron chi connectivity index (χ2n) is 4.90. The monoisotopic (exact) mass is 212 g/mol. The van der Waals surface area contributed by atoms with Crippen LogP contribution < -0.4 is 0 Å². The van der Waals surface area contributed by atoms with Crippen LogP contribution in [0.5, 0.6) is 0 Å². The first-order chi connectivity index (χ1) is 6.90. The summed E-state index contributed by atoms with van der Waals surface area (Å²) in [4.78, 5) is 0. The van der Waals surface area contributed by atoms with E-state index in [1.165, 1.54) is 51.4 Å². The van der Waals surface area contributed by atoms with Crippen LogP contribution in [0.25, 0.3) is 0 Å². The lowest BCUT2D eigenvalue weighted by atomic mass is 9.79. The maximum Gasteiger partial charge on any atom is 0.0436 e. The average Bonchev–Trinajstić information content (AvgIpc) is 2.18. The summed E-state index contributed by atoms with van der Waals surface area (Å²) < 4.78 is 0. The van der Waals surface area contributed by atoms with Gasteiger partial charge in [-0.25, -0.2) is 0 Å². The van der Waals surface area contributed by atoms with E-state index in [9.17, 15) is 0 Å². The van der Waals surface area contributed by atoms with Crippen LogP contribution in [0.15, 0.2) is 11.6 Å². The van der Waals surface area contributed by atoms with Gasteiger partial charge in [-0.15, -0.1) is 11.6 Å². The van der Waals surface area contributed by atoms with Crippen LogP contribution in [0.3, 0.4) is 0 Å². The fourth-order valence-electron chi connectivity index (χ4n) is 2.67. The highest BCUT2D eigenvalue weighted by Gasteiger charge is 2.20. The SMILES string of the molecule is ClCC(=CC1CCC1)C1CCCCC1. The van der Waals surface area contributed by atoms with Crippen molar-refractivity contribution in [1.29, 1.82) is 0 Å². The van der Waals surface area contributed by atoms with Crippen LogP contribution in [-0.2, 0) is 0 Å². The van der Waals surface area contributed by atoms with Gasteiger partial charge in [-0.3, -0.25) is 0 Å². The highest BCUT2D eigenvalue weighted by atomic mass is 35.5. The van der Waals surface area contributed by atoms with Crippen LogP contribution in [-0.4, -0.2) is 5.88 Å². The van der Waals surface area contributed by atoms with Gasteiger partial charge in [0, 0.05) is 5.88 Å². The molecule has 0 bridgehead atoms. The third-order valence-electron chi connectivity index (χ3n) is 3.88. The zero-order valence-electron chi connectivity index (χ0n) is 8.97. The predicted molar refractivity (Wildman–Crippen MR) is 62.7 cm³/mol. The van der Waals surface area contributed by atoms with Gasteiger partial charge >= 0.3 is 0 Å². The number of halogens is 1. The quantitative estimate of drug-likeness (QED) is 0.476. The average molecular weight is 213 g/mol. The maximum absolute atomic E-state index is 6.06. The Morgan fingerprint density at radius 2 is 1.71 bits per heavy atom. The molecule has 2 aliphatic carbocycles. The summed E-state index contributed by atoms with van der Waals surface area (Å²) >= 11 is 6.06. The van der Waals surface area contributed by atoms with Gasteiger partial charge in [0.1, 0.15) is 0 Å². The smallest absolute Gasteiger partial charge is 0.0436 e. The molecule has 0 aromatic carbocycles. The molecule has 0 aromatic rings. The largest absolute Gasteiger partial charge is 0.122 e. The van der Waals surface area contributed by atoms with Crippen LogP contribution in [0.2, 0.25) is 0 Å². The van der Waals surface area contributed by atoms with E-state index in [1.54, 1.807) is 5.57 Å². The van der Waals surface area contributed by atoms with Crippen molar-refractivity contribution in [2.45, 2.75) is 51.4 Å². The lowest BCUT2D eigenvalue weighted by molar-refractivity contribution is 0.369. The van der Waals surface area contributed by atoms with Crippen LogP contribution in [0.1, 0.15) is 51.4 Å². The summed E-state index contributed by atoms with van der Waals surface area (Å²) in [6.45, 7) is 0. The summed E-state index contributed by atoms with van der Waals surface area (Å²) in [7, 11) is 0. The Balaban J connectivity index is 1.92. The molecule has 2 rings (SSSR count). The van der Waals surface area contributed by atoms with Crippen molar-refractivity contribution in [2.24, 2.45) is 11.8 Å². The van der Waals surface area contributed by atoms with Crippen molar-refractivity contribution in [1.82, 2.24) is 0 Å². The topological polar surface area (TPSA) is 0 Å². The van der Waals surface area contributed by atoms with Gasteiger partial charge in [0.25, 0.3) is 0 Å². The lowest BCUT2D eigenvalue weighted by Gasteiger charge is -2.28. The van der Waals surface area contributed by atoms with E-state index in [1.807, 2.05) is 0 Å². The third-order valence-corrected chi connectivity index (χ3v) is 4.19. The van der Waals surface area contributed by atoms with Crippen molar-refractivity contribution < 1.29 is 0 Å². The molecule has 0 nitrogen and oxygen atoms in total. The molecule has 0 N–H and O–H groups in total. The molecular formula is C13H21Cl. The number of alkyl halides is 1. The molecule has 0 aromatic heterocycles. The van der Waals surface area contributed by atoms with E-state index in [0.717, 1.165) is 17.7 Å². The van der Waals surface area contributed by atoms with Gasteiger partial charge in [0.15, 0.2) is 0 Å². The normalized spacial score (nSPS) is 26.2. The van der Waals surface area contributed by atoms with E-state index in [2.05, 4.69) is 6.08 Å². The van der Waals surface area contributed by atoms with Gasteiger partial charge in [0.05, 0.1) is 0 Å². The van der Waals surface area contributed by atoms with Gasteiger partial charge in [-0.2, -0.15) is 0 Å². The standard InChI is InChI=1S/C13H21Cl/c14-10-13(9-11-5-4-6-11)12-7-2-1-3-8-12/h9,11-12H,1-8,10H2. The highest BCUT2D eigenvalue weighted by molar-refractivity contribution is 6.19. The van der Waals surface area contributed by atoms with Crippen molar-refractivity contribution in [3.05, 3.63) is 11.6 Å². The first-order valence-corrected chi connectivity index (χ1v) is 6.70. The minimum atomic E-state index is 0.779. The molecule has 0 spiro atoms. The Bertz CT molecular complexity index is 197. The Hall–Kier alpha value is 0.0300. The molecule has 0 aliphatic heterocycles. The van der Waals surface area contributed by atoms with Gasteiger partial charge in [0.2, 0.25) is 0 Å². The van der Waals surface area contributed by atoms with Gasteiger partial charge < -0.3 is 0 Å². The molecule has 14 heavy (non-hydrogen) atoms. The molecule has 0 amide bonds. The molecule has 0 heterocycles. The second kappa shape index (κ2) is 5.21. The minimum Gasteiger partial charge on any atom is -0.122 e. The van der Waals surface area contributed by atoms with E-state index in [0.29, 0.717) is 0 Å².